The quantitative estimate of drug-likeness (QED) is 0.537. The second-order valence-corrected chi connectivity index (χ2v) is 8.89. The Bertz CT molecular complexity index is 766. The SMILES string of the molecule is CC(C)c1cc2c(c(O)c1O)[C@]13CCCC(C)(C)[C@@H]1[C@H](OC3=O)[C@@H]2O. The maximum Gasteiger partial charge on any atom is 0.317 e. The van der Waals surface area contributed by atoms with Crippen molar-refractivity contribution in [3.05, 3.63) is 22.8 Å². The lowest BCUT2D eigenvalue weighted by Gasteiger charge is -2.51. The smallest absolute Gasteiger partial charge is 0.317 e. The molecular weight excluding hydrogens is 320 g/mol. The molecule has 3 aliphatic rings. The molecule has 2 aliphatic carbocycles. The van der Waals surface area contributed by atoms with Gasteiger partial charge in [0.2, 0.25) is 0 Å². The van der Waals surface area contributed by atoms with Gasteiger partial charge in [0.25, 0.3) is 0 Å². The number of benzene rings is 1. The number of carbonyl (C=O) groups is 1. The number of fused-ring (bicyclic) bond motifs is 1. The molecule has 4 atom stereocenters. The van der Waals surface area contributed by atoms with Crippen LogP contribution in [0.2, 0.25) is 0 Å². The van der Waals surface area contributed by atoms with Gasteiger partial charge >= 0.3 is 5.97 Å². The van der Waals surface area contributed by atoms with E-state index in [4.69, 9.17) is 4.74 Å². The minimum atomic E-state index is -0.985. The van der Waals surface area contributed by atoms with Gasteiger partial charge < -0.3 is 20.1 Å². The molecule has 1 saturated carbocycles. The van der Waals surface area contributed by atoms with Gasteiger partial charge in [-0.25, -0.2) is 0 Å². The third-order valence-electron chi connectivity index (χ3n) is 6.73. The summed E-state index contributed by atoms with van der Waals surface area (Å²) in [6.07, 6.45) is 0.767. The zero-order valence-electron chi connectivity index (χ0n) is 15.2. The monoisotopic (exact) mass is 346 g/mol. The molecule has 25 heavy (non-hydrogen) atoms. The molecule has 0 amide bonds. The van der Waals surface area contributed by atoms with E-state index in [1.165, 1.54) is 0 Å². The second-order valence-electron chi connectivity index (χ2n) is 8.89. The summed E-state index contributed by atoms with van der Waals surface area (Å²) in [5.41, 5.74) is 0.319. The molecule has 5 heteroatoms. The minimum Gasteiger partial charge on any atom is -0.504 e. The highest BCUT2D eigenvalue weighted by Gasteiger charge is 2.70. The number of esters is 1. The van der Waals surface area contributed by atoms with Crippen molar-refractivity contribution in [1.82, 2.24) is 0 Å². The summed E-state index contributed by atoms with van der Waals surface area (Å²) in [6.45, 7) is 8.02. The molecule has 1 aromatic rings. The van der Waals surface area contributed by atoms with Crippen LogP contribution in [0.1, 0.15) is 75.7 Å². The normalized spacial score (nSPS) is 35.3. The molecule has 0 unspecified atom stereocenters. The maximum atomic E-state index is 13.0. The molecule has 0 radical (unpaired) electrons. The van der Waals surface area contributed by atoms with Crippen molar-refractivity contribution in [2.45, 2.75) is 70.5 Å². The number of ether oxygens (including phenoxy) is 1. The van der Waals surface area contributed by atoms with Crippen LogP contribution < -0.4 is 0 Å². The number of aliphatic hydroxyl groups is 1. The fraction of sp³-hybridized carbons (Fsp3) is 0.650. The van der Waals surface area contributed by atoms with E-state index in [-0.39, 0.29) is 34.7 Å². The van der Waals surface area contributed by atoms with E-state index in [0.717, 1.165) is 12.8 Å². The van der Waals surface area contributed by atoms with Crippen molar-refractivity contribution >= 4 is 5.97 Å². The Hall–Kier alpha value is -1.75. The molecule has 1 aromatic carbocycles. The van der Waals surface area contributed by atoms with Crippen molar-refractivity contribution in [2.24, 2.45) is 11.3 Å². The Balaban J connectivity index is 2.06. The lowest BCUT2D eigenvalue weighted by molar-refractivity contribution is -0.148. The van der Waals surface area contributed by atoms with Crippen molar-refractivity contribution in [1.29, 1.82) is 0 Å². The van der Waals surface area contributed by atoms with Crippen LogP contribution >= 0.6 is 0 Å². The highest BCUT2D eigenvalue weighted by Crippen LogP contribution is 2.66. The average molecular weight is 346 g/mol. The topological polar surface area (TPSA) is 87.0 Å². The largest absolute Gasteiger partial charge is 0.504 e. The first-order valence-corrected chi connectivity index (χ1v) is 9.11. The zero-order valence-corrected chi connectivity index (χ0v) is 15.2. The molecular formula is C20H26O5. The van der Waals surface area contributed by atoms with Crippen LogP contribution in [-0.2, 0) is 14.9 Å². The Morgan fingerprint density at radius 2 is 1.88 bits per heavy atom. The first-order valence-electron chi connectivity index (χ1n) is 9.11. The molecule has 1 aliphatic heterocycles. The van der Waals surface area contributed by atoms with Crippen molar-refractivity contribution in [2.75, 3.05) is 0 Å². The number of aliphatic hydroxyl groups excluding tert-OH is 1. The summed E-state index contributed by atoms with van der Waals surface area (Å²) in [5, 5.41) is 32.4. The van der Waals surface area contributed by atoms with Gasteiger partial charge in [0.05, 0.1) is 0 Å². The molecule has 4 rings (SSSR count). The summed E-state index contributed by atoms with van der Waals surface area (Å²) < 4.78 is 5.67. The van der Waals surface area contributed by atoms with E-state index in [9.17, 15) is 20.1 Å². The van der Waals surface area contributed by atoms with Gasteiger partial charge in [0.15, 0.2) is 11.5 Å². The molecule has 2 bridgehead atoms. The van der Waals surface area contributed by atoms with E-state index in [1.54, 1.807) is 6.07 Å². The lowest BCUT2D eigenvalue weighted by Crippen LogP contribution is -2.54. The zero-order chi connectivity index (χ0) is 18.3. The molecule has 3 N–H and O–H groups in total. The Labute approximate surface area is 147 Å². The van der Waals surface area contributed by atoms with Gasteiger partial charge in [-0.05, 0) is 35.8 Å². The number of hydrogen-bond acceptors (Lipinski definition) is 5. The van der Waals surface area contributed by atoms with Crippen molar-refractivity contribution in [3.63, 3.8) is 0 Å². The maximum absolute atomic E-state index is 13.0. The van der Waals surface area contributed by atoms with E-state index < -0.39 is 17.6 Å². The predicted octanol–water partition coefficient (Wildman–Crippen LogP) is 3.26. The van der Waals surface area contributed by atoms with E-state index in [1.807, 2.05) is 13.8 Å². The molecule has 136 valence electrons. The minimum absolute atomic E-state index is 0.0179. The summed E-state index contributed by atoms with van der Waals surface area (Å²) in [7, 11) is 0. The first-order chi connectivity index (χ1) is 11.6. The van der Waals surface area contributed by atoms with Gasteiger partial charge in [-0.15, -0.1) is 0 Å². The average Bonchev–Trinajstić information content (AvgIpc) is 2.79. The first kappa shape index (κ1) is 16.7. The van der Waals surface area contributed by atoms with Gasteiger partial charge in [0, 0.05) is 17.0 Å². The molecule has 0 aromatic heterocycles. The van der Waals surface area contributed by atoms with Crippen molar-refractivity contribution in [3.8, 4) is 11.5 Å². The lowest BCUT2D eigenvalue weighted by atomic mass is 9.49. The van der Waals surface area contributed by atoms with Crippen LogP contribution in [0.4, 0.5) is 0 Å². The molecule has 5 nitrogen and oxygen atoms in total. The summed E-state index contributed by atoms with van der Waals surface area (Å²) in [6, 6.07) is 1.74. The fourth-order valence-corrected chi connectivity index (χ4v) is 5.70. The third-order valence-corrected chi connectivity index (χ3v) is 6.73. The number of phenols is 2. The summed E-state index contributed by atoms with van der Waals surface area (Å²) in [4.78, 5) is 13.0. The molecule has 2 fully saturated rings. The van der Waals surface area contributed by atoms with Crippen LogP contribution in [0.5, 0.6) is 11.5 Å². The number of rotatable bonds is 1. The van der Waals surface area contributed by atoms with E-state index >= 15 is 0 Å². The molecule has 1 heterocycles. The van der Waals surface area contributed by atoms with E-state index in [2.05, 4.69) is 13.8 Å². The Morgan fingerprint density at radius 3 is 2.52 bits per heavy atom. The van der Waals surface area contributed by atoms with E-state index in [0.29, 0.717) is 23.1 Å². The summed E-state index contributed by atoms with van der Waals surface area (Å²) in [5.74, 6) is -1.05. The predicted molar refractivity (Wildman–Crippen MR) is 91.5 cm³/mol. The van der Waals surface area contributed by atoms with Crippen LogP contribution in [0.25, 0.3) is 0 Å². The van der Waals surface area contributed by atoms with Gasteiger partial charge in [0.1, 0.15) is 17.6 Å². The van der Waals surface area contributed by atoms with Gasteiger partial charge in [-0.3, -0.25) is 4.79 Å². The van der Waals surface area contributed by atoms with Crippen LogP contribution in [0, 0.1) is 11.3 Å². The molecule has 0 spiro atoms. The number of phenolic OH excluding ortho intramolecular Hbond substituents is 2. The Kier molecular flexibility index (Phi) is 3.28. The third kappa shape index (κ3) is 1.85. The van der Waals surface area contributed by atoms with Crippen LogP contribution in [0.15, 0.2) is 6.07 Å². The summed E-state index contributed by atoms with van der Waals surface area (Å²) >= 11 is 0. The van der Waals surface area contributed by atoms with Gasteiger partial charge in [-0.1, -0.05) is 34.1 Å². The number of hydrogen-bond donors (Lipinski definition) is 3. The second kappa shape index (κ2) is 4.91. The van der Waals surface area contributed by atoms with Crippen LogP contribution in [-0.4, -0.2) is 27.4 Å². The van der Waals surface area contributed by atoms with Crippen molar-refractivity contribution < 1.29 is 24.9 Å². The van der Waals surface area contributed by atoms with Gasteiger partial charge in [-0.2, -0.15) is 0 Å². The standard InChI is InChI=1S/C20H26O5/c1-9(2)10-8-11-12(15(23)13(10)21)20-7-5-6-19(3,4)17(20)16(14(11)22)25-18(20)24/h8-9,14,16-17,21-23H,5-7H2,1-4H3/t14-,16-,17+,20-/m1/s1. The number of aromatic hydroxyl groups is 2. The highest BCUT2D eigenvalue weighted by atomic mass is 16.6. The highest BCUT2D eigenvalue weighted by molar-refractivity contribution is 5.90. The number of carbonyl (C=O) groups excluding carboxylic acids is 1. The fourth-order valence-electron chi connectivity index (χ4n) is 5.70. The Morgan fingerprint density at radius 1 is 1.20 bits per heavy atom. The molecule has 1 saturated heterocycles. The van der Waals surface area contributed by atoms with Crippen LogP contribution in [0.3, 0.4) is 0 Å².